The Kier molecular flexibility index (Phi) is 12.3. The maximum atomic E-state index is 13.6. The maximum absolute atomic E-state index is 13.6. The van der Waals surface area contributed by atoms with E-state index in [0.717, 1.165) is 46.4 Å². The summed E-state index contributed by atoms with van der Waals surface area (Å²) in [6.45, 7) is 5.24. The van der Waals surface area contributed by atoms with Crippen molar-refractivity contribution >= 4 is 22.7 Å². The second-order valence-electron chi connectivity index (χ2n) is 12.0. The van der Waals surface area contributed by atoms with Gasteiger partial charge in [0, 0.05) is 61.8 Å². The van der Waals surface area contributed by atoms with Crippen molar-refractivity contribution in [1.82, 2.24) is 31.6 Å². The van der Waals surface area contributed by atoms with Crippen LogP contribution in [0.3, 0.4) is 0 Å². The lowest BCUT2D eigenvalue weighted by molar-refractivity contribution is -0.129. The molecule has 2 amide bonds. The molecule has 10 heteroatoms. The number of nitrogens with one attached hydrogen (secondary N) is 6. The number of aromatic amines is 1. The molecule has 0 unspecified atom stereocenters. The summed E-state index contributed by atoms with van der Waals surface area (Å²) < 4.78 is 0. The number of carbonyl (C=O) groups is 2. The van der Waals surface area contributed by atoms with Crippen molar-refractivity contribution in [2.75, 3.05) is 26.9 Å². The normalized spacial score (nSPS) is 13.0. The molecule has 0 saturated carbocycles. The number of benzene rings is 3. The summed E-state index contributed by atoms with van der Waals surface area (Å²) in [5.74, 6) is -0.571. The fourth-order valence-electron chi connectivity index (χ4n) is 5.29. The third-order valence-electron chi connectivity index (χ3n) is 7.75. The van der Waals surface area contributed by atoms with Crippen molar-refractivity contribution in [2.24, 2.45) is 0 Å². The van der Waals surface area contributed by atoms with Gasteiger partial charge in [-0.2, -0.15) is 0 Å². The molecule has 240 valence electrons. The van der Waals surface area contributed by atoms with Crippen LogP contribution in [0.4, 0.5) is 0 Å². The highest BCUT2D eigenvalue weighted by Gasteiger charge is 2.27. The first kappa shape index (κ1) is 33.8. The number of rotatable bonds is 17. The number of carbonyl (C=O) groups excluding carboxylic acids is 2. The fourth-order valence-corrected chi connectivity index (χ4v) is 5.29. The molecular weight excluding hydrogens is 568 g/mol. The Morgan fingerprint density at radius 2 is 1.67 bits per heavy atom. The molecule has 0 radical (unpaired) electrons. The van der Waals surface area contributed by atoms with E-state index in [0.29, 0.717) is 13.0 Å². The Morgan fingerprint density at radius 1 is 0.933 bits per heavy atom. The van der Waals surface area contributed by atoms with E-state index in [-0.39, 0.29) is 31.4 Å². The molecule has 45 heavy (non-hydrogen) atoms. The van der Waals surface area contributed by atoms with Crippen LogP contribution in [0.1, 0.15) is 37.0 Å². The number of aliphatic hydroxyl groups is 2. The van der Waals surface area contributed by atoms with Crippen LogP contribution in [0.15, 0.2) is 79.0 Å². The predicted octanol–water partition coefficient (Wildman–Crippen LogP) is 2.56. The van der Waals surface area contributed by atoms with E-state index in [1.54, 1.807) is 0 Å². The van der Waals surface area contributed by atoms with Crippen LogP contribution < -0.4 is 26.6 Å². The zero-order valence-corrected chi connectivity index (χ0v) is 26.3. The van der Waals surface area contributed by atoms with Gasteiger partial charge in [0.25, 0.3) is 0 Å². The third kappa shape index (κ3) is 9.97. The quantitative estimate of drug-likeness (QED) is 0.0673. The first-order valence-corrected chi connectivity index (χ1v) is 15.4. The van der Waals surface area contributed by atoms with E-state index in [9.17, 15) is 14.7 Å². The highest BCUT2D eigenvalue weighted by Crippen LogP contribution is 2.24. The van der Waals surface area contributed by atoms with Crippen LogP contribution in [-0.4, -0.2) is 71.6 Å². The average molecular weight is 615 g/mol. The zero-order valence-electron chi connectivity index (χ0n) is 26.3. The molecule has 0 aliphatic rings. The summed E-state index contributed by atoms with van der Waals surface area (Å²) in [5, 5.41) is 35.4. The van der Waals surface area contributed by atoms with Gasteiger partial charge in [-0.1, -0.05) is 66.7 Å². The number of para-hydroxylation sites is 1. The number of hydrogen-bond donors (Lipinski definition) is 8. The highest BCUT2D eigenvalue weighted by atomic mass is 16.3. The van der Waals surface area contributed by atoms with Crippen molar-refractivity contribution in [3.63, 3.8) is 0 Å². The molecular formula is C35H46N6O4. The van der Waals surface area contributed by atoms with E-state index >= 15 is 0 Å². The minimum atomic E-state index is -0.920. The molecule has 0 aliphatic carbocycles. The molecule has 0 saturated heterocycles. The number of β-amino-alcohol motifs (C(OH)–C–C–N with tert-alkyl or cyclic N) is 1. The number of H-pyrrole nitrogens is 1. The molecule has 3 aromatic carbocycles. The molecule has 0 bridgehead atoms. The van der Waals surface area contributed by atoms with Crippen LogP contribution in [-0.2, 0) is 29.1 Å². The van der Waals surface area contributed by atoms with Gasteiger partial charge in [0.15, 0.2) is 0 Å². The van der Waals surface area contributed by atoms with Gasteiger partial charge in [-0.25, -0.2) is 0 Å². The molecule has 0 spiro atoms. The largest absolute Gasteiger partial charge is 0.394 e. The van der Waals surface area contributed by atoms with Gasteiger partial charge in [-0.3, -0.25) is 9.59 Å². The van der Waals surface area contributed by atoms with Gasteiger partial charge >= 0.3 is 0 Å². The van der Waals surface area contributed by atoms with Gasteiger partial charge in [0.2, 0.25) is 11.8 Å². The summed E-state index contributed by atoms with van der Waals surface area (Å²) in [6.07, 6.45) is 1.35. The van der Waals surface area contributed by atoms with Gasteiger partial charge < -0.3 is 41.8 Å². The molecule has 0 fully saturated rings. The van der Waals surface area contributed by atoms with Gasteiger partial charge in [-0.15, -0.1) is 0 Å². The van der Waals surface area contributed by atoms with Crippen LogP contribution in [0.2, 0.25) is 0 Å². The molecule has 1 aromatic heterocycles. The second-order valence-corrected chi connectivity index (χ2v) is 12.0. The first-order valence-electron chi connectivity index (χ1n) is 15.4. The van der Waals surface area contributed by atoms with Gasteiger partial charge in [0.05, 0.1) is 12.7 Å². The number of amides is 2. The van der Waals surface area contributed by atoms with Crippen molar-refractivity contribution in [3.05, 3.63) is 95.7 Å². The summed E-state index contributed by atoms with van der Waals surface area (Å²) in [6, 6.07) is 23.5. The minimum absolute atomic E-state index is 0.0796. The van der Waals surface area contributed by atoms with Crippen LogP contribution in [0.5, 0.6) is 0 Å². The smallest absolute Gasteiger partial charge is 0.243 e. The molecule has 4 rings (SSSR count). The molecule has 1 heterocycles. The zero-order chi connectivity index (χ0) is 32.2. The Hall–Kier alpha value is -4.06. The monoisotopic (exact) mass is 614 g/mol. The molecule has 4 aromatic rings. The summed E-state index contributed by atoms with van der Waals surface area (Å²) in [7, 11) is 1.91. The second kappa shape index (κ2) is 16.3. The van der Waals surface area contributed by atoms with E-state index in [1.807, 2.05) is 75.6 Å². The van der Waals surface area contributed by atoms with Crippen LogP contribution >= 0.6 is 0 Å². The standard InChI is InChI=1S/C35H46N6O4/c1-35(2,40-21-28(43)22-42)17-33(44)41-32(16-27-20-38-31-11-7-6-10-30(27)31)34(45)39-18-24-12-14-25(15-13-24)29-9-5-4-8-26(29)19-37-23-36-3/h4-15,20,28,32,36-38,40,42-43H,16-19,21-23H2,1-3H3,(H,39,45)(H,41,44)/t28-,32+/m0/s1. The third-order valence-corrected chi connectivity index (χ3v) is 7.75. The molecule has 8 N–H and O–H groups in total. The lowest BCUT2D eigenvalue weighted by Crippen LogP contribution is -2.52. The van der Waals surface area contributed by atoms with Gasteiger partial charge in [-0.05, 0) is 54.8 Å². The van der Waals surface area contributed by atoms with Crippen molar-refractivity contribution in [2.45, 2.75) is 57.5 Å². The molecule has 2 atom stereocenters. The fraction of sp³-hybridized carbons (Fsp3) is 0.371. The molecule has 10 nitrogen and oxygen atoms in total. The van der Waals surface area contributed by atoms with Crippen molar-refractivity contribution in [1.29, 1.82) is 0 Å². The van der Waals surface area contributed by atoms with E-state index < -0.39 is 17.7 Å². The van der Waals surface area contributed by atoms with Gasteiger partial charge in [0.1, 0.15) is 6.04 Å². The number of aliphatic hydroxyl groups excluding tert-OH is 2. The average Bonchev–Trinajstić information content (AvgIpc) is 3.45. The summed E-state index contributed by atoms with van der Waals surface area (Å²) in [4.78, 5) is 30.0. The number of hydrogen-bond acceptors (Lipinski definition) is 7. The Morgan fingerprint density at radius 3 is 2.42 bits per heavy atom. The van der Waals surface area contributed by atoms with E-state index in [1.165, 1.54) is 5.56 Å². The maximum Gasteiger partial charge on any atom is 0.243 e. The van der Waals surface area contributed by atoms with E-state index in [4.69, 9.17) is 5.11 Å². The summed E-state index contributed by atoms with van der Waals surface area (Å²) in [5.41, 5.74) is 5.63. The van der Waals surface area contributed by atoms with Crippen LogP contribution in [0.25, 0.3) is 22.0 Å². The molecule has 0 aliphatic heterocycles. The van der Waals surface area contributed by atoms with Crippen LogP contribution in [0, 0.1) is 0 Å². The topological polar surface area (TPSA) is 151 Å². The Labute approximate surface area is 265 Å². The highest BCUT2D eigenvalue weighted by molar-refractivity contribution is 5.90. The summed E-state index contributed by atoms with van der Waals surface area (Å²) >= 11 is 0. The Bertz CT molecular complexity index is 1530. The Balaban J connectivity index is 1.43. The first-order chi connectivity index (χ1) is 21.7. The SMILES string of the molecule is CNCNCc1ccccc1-c1ccc(CNC(=O)[C@@H](Cc2c[nH]c3ccccc23)NC(=O)CC(C)(C)NC[C@H](O)CO)cc1. The lowest BCUT2D eigenvalue weighted by Gasteiger charge is -2.28. The minimum Gasteiger partial charge on any atom is -0.394 e. The number of aromatic nitrogens is 1. The lowest BCUT2D eigenvalue weighted by atomic mass is 9.98. The predicted molar refractivity (Wildman–Crippen MR) is 178 cm³/mol. The van der Waals surface area contributed by atoms with Crippen molar-refractivity contribution < 1.29 is 19.8 Å². The van der Waals surface area contributed by atoms with E-state index in [2.05, 4.69) is 55.8 Å². The van der Waals surface area contributed by atoms with Crippen molar-refractivity contribution in [3.8, 4) is 11.1 Å². The number of fused-ring (bicyclic) bond motifs is 1.